The first-order chi connectivity index (χ1) is 6.61. The van der Waals surface area contributed by atoms with E-state index in [0.717, 1.165) is 0 Å². The molecule has 0 aliphatic carbocycles. The zero-order valence-electron chi connectivity index (χ0n) is 8.90. The number of aliphatic hydroxyl groups excluding tert-OH is 1. The van der Waals surface area contributed by atoms with Crippen molar-refractivity contribution in [3.8, 4) is 0 Å². The van der Waals surface area contributed by atoms with Crippen molar-refractivity contribution in [2.45, 2.75) is 38.8 Å². The SMILES string of the molecule is CC(O)CCC(=O)N1CCOC[C@H]1C. The Morgan fingerprint density at radius 1 is 1.71 bits per heavy atom. The van der Waals surface area contributed by atoms with Crippen molar-refractivity contribution in [2.75, 3.05) is 19.8 Å². The predicted octanol–water partition coefficient (Wildman–Crippen LogP) is 0.395. The smallest absolute Gasteiger partial charge is 0.223 e. The van der Waals surface area contributed by atoms with Gasteiger partial charge in [-0.1, -0.05) is 0 Å². The molecule has 1 aliphatic heterocycles. The number of nitrogens with zero attached hydrogens (tertiary/aromatic N) is 1. The Kier molecular flexibility index (Phi) is 4.35. The fourth-order valence-corrected chi connectivity index (χ4v) is 1.57. The van der Waals surface area contributed by atoms with Crippen molar-refractivity contribution < 1.29 is 14.6 Å². The second-order valence-electron chi connectivity index (χ2n) is 3.90. The van der Waals surface area contributed by atoms with E-state index in [0.29, 0.717) is 32.6 Å². The van der Waals surface area contributed by atoms with Gasteiger partial charge in [0.15, 0.2) is 0 Å². The molecule has 82 valence electrons. The number of carbonyl (C=O) groups excluding carboxylic acids is 1. The second kappa shape index (κ2) is 5.32. The highest BCUT2D eigenvalue weighted by atomic mass is 16.5. The largest absolute Gasteiger partial charge is 0.393 e. The molecule has 1 N–H and O–H groups in total. The molecule has 0 radical (unpaired) electrons. The Balaban J connectivity index is 2.34. The summed E-state index contributed by atoms with van der Waals surface area (Å²) < 4.78 is 5.24. The minimum absolute atomic E-state index is 0.127. The molecule has 4 nitrogen and oxygen atoms in total. The van der Waals surface area contributed by atoms with Crippen LogP contribution in [0.2, 0.25) is 0 Å². The molecule has 4 heteroatoms. The van der Waals surface area contributed by atoms with Crippen LogP contribution in [-0.2, 0) is 9.53 Å². The van der Waals surface area contributed by atoms with Gasteiger partial charge in [-0.3, -0.25) is 4.79 Å². The molecule has 1 fully saturated rings. The molecule has 1 rings (SSSR count). The lowest BCUT2D eigenvalue weighted by atomic mass is 10.1. The summed E-state index contributed by atoms with van der Waals surface area (Å²) in [5, 5.41) is 9.07. The van der Waals surface area contributed by atoms with Gasteiger partial charge in [0.05, 0.1) is 25.4 Å². The highest BCUT2D eigenvalue weighted by Crippen LogP contribution is 2.09. The Morgan fingerprint density at radius 2 is 2.43 bits per heavy atom. The average molecular weight is 201 g/mol. The molecule has 0 aromatic carbocycles. The van der Waals surface area contributed by atoms with Crippen LogP contribution in [0, 0.1) is 0 Å². The molecule has 0 bridgehead atoms. The first-order valence-electron chi connectivity index (χ1n) is 5.16. The zero-order chi connectivity index (χ0) is 10.6. The van der Waals surface area contributed by atoms with Crippen LogP contribution in [0.1, 0.15) is 26.7 Å². The van der Waals surface area contributed by atoms with Gasteiger partial charge in [0.2, 0.25) is 5.91 Å². The first-order valence-corrected chi connectivity index (χ1v) is 5.16. The number of morpholine rings is 1. The first kappa shape index (κ1) is 11.5. The Morgan fingerprint density at radius 3 is 3.00 bits per heavy atom. The van der Waals surface area contributed by atoms with Crippen molar-refractivity contribution in [1.82, 2.24) is 4.90 Å². The van der Waals surface area contributed by atoms with Crippen molar-refractivity contribution in [3.05, 3.63) is 0 Å². The summed E-state index contributed by atoms with van der Waals surface area (Å²) >= 11 is 0. The lowest BCUT2D eigenvalue weighted by Crippen LogP contribution is -2.47. The molecule has 1 amide bonds. The Hall–Kier alpha value is -0.610. The third kappa shape index (κ3) is 3.27. The number of carbonyl (C=O) groups is 1. The van der Waals surface area contributed by atoms with Gasteiger partial charge >= 0.3 is 0 Å². The number of amides is 1. The lowest BCUT2D eigenvalue weighted by molar-refractivity contribution is -0.139. The third-order valence-corrected chi connectivity index (χ3v) is 2.46. The standard InChI is InChI=1S/C10H19NO3/c1-8-7-14-6-5-11(8)10(13)4-3-9(2)12/h8-9,12H,3-7H2,1-2H3/t8-,9?/m1/s1. The number of hydrogen-bond donors (Lipinski definition) is 1. The summed E-state index contributed by atoms with van der Waals surface area (Å²) in [6.45, 7) is 5.63. The van der Waals surface area contributed by atoms with Gasteiger partial charge < -0.3 is 14.7 Å². The van der Waals surface area contributed by atoms with Crippen LogP contribution in [0.3, 0.4) is 0 Å². The van der Waals surface area contributed by atoms with Crippen LogP contribution < -0.4 is 0 Å². The van der Waals surface area contributed by atoms with E-state index in [9.17, 15) is 4.79 Å². The Bertz CT molecular complexity index is 194. The minimum atomic E-state index is -0.393. The molecule has 0 saturated carbocycles. The van der Waals surface area contributed by atoms with Crippen LogP contribution >= 0.6 is 0 Å². The predicted molar refractivity (Wildman–Crippen MR) is 52.9 cm³/mol. The summed E-state index contributed by atoms with van der Waals surface area (Å²) in [4.78, 5) is 13.5. The normalized spacial score (nSPS) is 24.8. The molecule has 0 aromatic rings. The van der Waals surface area contributed by atoms with E-state index in [1.807, 2.05) is 11.8 Å². The van der Waals surface area contributed by atoms with E-state index in [1.165, 1.54) is 0 Å². The van der Waals surface area contributed by atoms with Crippen LogP contribution in [0.15, 0.2) is 0 Å². The highest BCUT2D eigenvalue weighted by molar-refractivity contribution is 5.76. The fourth-order valence-electron chi connectivity index (χ4n) is 1.57. The number of hydrogen-bond acceptors (Lipinski definition) is 3. The summed E-state index contributed by atoms with van der Waals surface area (Å²) in [5.74, 6) is 0.127. The summed E-state index contributed by atoms with van der Waals surface area (Å²) in [6, 6.07) is 0.172. The van der Waals surface area contributed by atoms with E-state index >= 15 is 0 Å². The summed E-state index contributed by atoms with van der Waals surface area (Å²) in [6.07, 6.45) is 0.584. The van der Waals surface area contributed by atoms with E-state index in [1.54, 1.807) is 6.92 Å². The van der Waals surface area contributed by atoms with E-state index in [4.69, 9.17) is 9.84 Å². The lowest BCUT2D eigenvalue weighted by Gasteiger charge is -2.33. The zero-order valence-corrected chi connectivity index (χ0v) is 8.90. The molecule has 0 spiro atoms. The maximum atomic E-state index is 11.7. The monoisotopic (exact) mass is 201 g/mol. The van der Waals surface area contributed by atoms with Gasteiger partial charge in [0.25, 0.3) is 0 Å². The van der Waals surface area contributed by atoms with Crippen molar-refractivity contribution in [3.63, 3.8) is 0 Å². The fraction of sp³-hybridized carbons (Fsp3) is 0.900. The maximum Gasteiger partial charge on any atom is 0.223 e. The molecular formula is C10H19NO3. The van der Waals surface area contributed by atoms with Gasteiger partial charge in [-0.25, -0.2) is 0 Å². The van der Waals surface area contributed by atoms with Crippen molar-refractivity contribution in [2.24, 2.45) is 0 Å². The average Bonchev–Trinajstić information content (AvgIpc) is 2.15. The van der Waals surface area contributed by atoms with E-state index in [-0.39, 0.29) is 11.9 Å². The molecule has 1 unspecified atom stereocenters. The summed E-state index contributed by atoms with van der Waals surface area (Å²) in [7, 11) is 0. The van der Waals surface area contributed by atoms with Gasteiger partial charge in [-0.15, -0.1) is 0 Å². The summed E-state index contributed by atoms with van der Waals surface area (Å²) in [5.41, 5.74) is 0. The van der Waals surface area contributed by atoms with Gasteiger partial charge in [0.1, 0.15) is 0 Å². The number of aliphatic hydroxyl groups is 1. The second-order valence-corrected chi connectivity index (χ2v) is 3.90. The molecule has 1 aliphatic rings. The van der Waals surface area contributed by atoms with Crippen LogP contribution in [0.25, 0.3) is 0 Å². The van der Waals surface area contributed by atoms with Crippen molar-refractivity contribution in [1.29, 1.82) is 0 Å². The quantitative estimate of drug-likeness (QED) is 0.719. The van der Waals surface area contributed by atoms with Gasteiger partial charge in [0, 0.05) is 13.0 Å². The molecule has 0 aromatic heterocycles. The van der Waals surface area contributed by atoms with Crippen LogP contribution in [0.4, 0.5) is 0 Å². The van der Waals surface area contributed by atoms with Gasteiger partial charge in [-0.05, 0) is 20.3 Å². The van der Waals surface area contributed by atoms with Crippen LogP contribution in [-0.4, -0.2) is 47.8 Å². The minimum Gasteiger partial charge on any atom is -0.393 e. The molecule has 2 atom stereocenters. The maximum absolute atomic E-state index is 11.7. The highest BCUT2D eigenvalue weighted by Gasteiger charge is 2.23. The number of rotatable bonds is 3. The van der Waals surface area contributed by atoms with E-state index in [2.05, 4.69) is 0 Å². The number of ether oxygens (including phenoxy) is 1. The van der Waals surface area contributed by atoms with Crippen LogP contribution in [0.5, 0.6) is 0 Å². The molecule has 1 saturated heterocycles. The van der Waals surface area contributed by atoms with Crippen molar-refractivity contribution >= 4 is 5.91 Å². The van der Waals surface area contributed by atoms with E-state index < -0.39 is 6.10 Å². The molecule has 14 heavy (non-hydrogen) atoms. The Labute approximate surface area is 84.8 Å². The molecule has 1 heterocycles. The molecular weight excluding hydrogens is 182 g/mol. The third-order valence-electron chi connectivity index (χ3n) is 2.46. The topological polar surface area (TPSA) is 49.8 Å². The van der Waals surface area contributed by atoms with Gasteiger partial charge in [-0.2, -0.15) is 0 Å².